The summed E-state index contributed by atoms with van der Waals surface area (Å²) >= 11 is 0. The minimum Gasteiger partial charge on any atom is -0.394 e. The van der Waals surface area contributed by atoms with E-state index in [1.807, 2.05) is 0 Å². The number of nitrogens with zero attached hydrogens (tertiary/aromatic N) is 3. The minimum absolute atomic E-state index is 0.0448. The van der Waals surface area contributed by atoms with E-state index in [0.29, 0.717) is 0 Å². The summed E-state index contributed by atoms with van der Waals surface area (Å²) in [6.45, 7) is -1.05. The second-order valence-electron chi connectivity index (χ2n) is 10.5. The van der Waals surface area contributed by atoms with E-state index >= 15 is 0 Å². The van der Waals surface area contributed by atoms with Gasteiger partial charge in [-0.3, -0.25) is 4.79 Å². The van der Waals surface area contributed by atoms with Crippen LogP contribution >= 0.6 is 0 Å². The molecule has 19 heteroatoms. The zero-order valence-corrected chi connectivity index (χ0v) is 23.5. The highest BCUT2D eigenvalue weighted by atomic mass is 16.7. The van der Waals surface area contributed by atoms with Crippen LogP contribution in [0.25, 0.3) is 10.4 Å². The molecule has 242 valence electrons. The molecule has 2 aliphatic heterocycles. The number of hydrogen-bond donors (Lipinski definition) is 11. The molecule has 2 saturated heterocycles. The molecule has 0 aromatic carbocycles. The summed E-state index contributed by atoms with van der Waals surface area (Å²) in [5, 5.41) is 88.2. The summed E-state index contributed by atoms with van der Waals surface area (Å²) in [6, 6.07) is -2.66. The number of likely N-dealkylation sites (N-methyl/N-ethyl adjacent to an activating group) is 3. The van der Waals surface area contributed by atoms with Gasteiger partial charge in [0.15, 0.2) is 12.6 Å². The summed E-state index contributed by atoms with van der Waals surface area (Å²) in [4.78, 5) is 15.0. The smallest absolute Gasteiger partial charge is 0.226 e. The van der Waals surface area contributed by atoms with Crippen LogP contribution in [0.4, 0.5) is 0 Å². The monoisotopic (exact) mass is 609 g/mol. The van der Waals surface area contributed by atoms with Gasteiger partial charge in [0, 0.05) is 17.5 Å². The van der Waals surface area contributed by atoms with Gasteiger partial charge < -0.3 is 76.0 Å². The third-order valence-electron chi connectivity index (χ3n) is 7.84. The number of rotatable bonds is 12. The van der Waals surface area contributed by atoms with Crippen LogP contribution in [0.5, 0.6) is 0 Å². The Kier molecular flexibility index (Phi) is 13.1. The van der Waals surface area contributed by atoms with Crippen LogP contribution < -0.4 is 21.3 Å². The SMILES string of the molecule is CNCC1O[C@H](O[C@@H]2C(NC)C[C@@H](NC(=O)CN=[N+]=[N-])[C@@H](O[C@H]3OC(CO)[C@@H](O)[C@@H](NC)C3O)C2O)[C@@H](O)C(O)[C@@H]1O. The summed E-state index contributed by atoms with van der Waals surface area (Å²) < 4.78 is 23.3. The van der Waals surface area contributed by atoms with Crippen LogP contribution in [0.1, 0.15) is 6.42 Å². The number of ether oxygens (including phenoxy) is 4. The highest BCUT2D eigenvalue weighted by molar-refractivity contribution is 5.78. The van der Waals surface area contributed by atoms with E-state index in [4.69, 9.17) is 24.5 Å². The van der Waals surface area contributed by atoms with Gasteiger partial charge in [-0.05, 0) is 33.1 Å². The number of amides is 1. The van der Waals surface area contributed by atoms with Gasteiger partial charge in [-0.15, -0.1) is 0 Å². The van der Waals surface area contributed by atoms with Crippen molar-refractivity contribution in [3.8, 4) is 0 Å². The van der Waals surface area contributed by atoms with E-state index in [1.54, 1.807) is 14.1 Å². The van der Waals surface area contributed by atoms with Gasteiger partial charge in [0.2, 0.25) is 5.91 Å². The number of azide groups is 1. The molecule has 0 aromatic rings. The first-order valence-corrected chi connectivity index (χ1v) is 13.6. The average molecular weight is 610 g/mol. The summed E-state index contributed by atoms with van der Waals surface area (Å²) in [5.41, 5.74) is 8.58. The van der Waals surface area contributed by atoms with Crippen molar-refractivity contribution in [2.75, 3.05) is 40.8 Å². The molecule has 1 amide bonds. The molecule has 1 aliphatic carbocycles. The lowest BCUT2D eigenvalue weighted by Crippen LogP contribution is -2.69. The first-order valence-electron chi connectivity index (χ1n) is 13.6. The van der Waals surface area contributed by atoms with Crippen molar-refractivity contribution in [2.24, 2.45) is 5.11 Å². The number of aliphatic hydroxyl groups excluding tert-OH is 7. The van der Waals surface area contributed by atoms with Crippen molar-refractivity contribution >= 4 is 5.91 Å². The van der Waals surface area contributed by atoms with E-state index in [-0.39, 0.29) is 13.0 Å². The fourth-order valence-electron chi connectivity index (χ4n) is 5.58. The first-order chi connectivity index (χ1) is 20.0. The van der Waals surface area contributed by atoms with Gasteiger partial charge in [0.1, 0.15) is 67.6 Å². The van der Waals surface area contributed by atoms with Crippen molar-refractivity contribution in [3.63, 3.8) is 0 Å². The molecule has 3 aliphatic rings. The van der Waals surface area contributed by atoms with Gasteiger partial charge in [-0.2, -0.15) is 0 Å². The van der Waals surface area contributed by atoms with Crippen molar-refractivity contribution in [2.45, 2.75) is 98.2 Å². The molecule has 3 rings (SSSR count). The number of carbonyl (C=O) groups excluding carboxylic acids is 1. The topological polar surface area (TPSA) is 292 Å². The summed E-state index contributed by atoms with van der Waals surface area (Å²) in [7, 11) is 4.64. The summed E-state index contributed by atoms with van der Waals surface area (Å²) in [5.74, 6) is -0.687. The van der Waals surface area contributed by atoms with E-state index in [9.17, 15) is 40.5 Å². The molecule has 2 heterocycles. The predicted molar refractivity (Wildman–Crippen MR) is 140 cm³/mol. The normalized spacial score (nSPS) is 44.3. The molecule has 11 N–H and O–H groups in total. The van der Waals surface area contributed by atoms with E-state index in [1.165, 1.54) is 7.05 Å². The maximum atomic E-state index is 12.5. The Morgan fingerprint density at radius 2 is 1.48 bits per heavy atom. The molecule has 1 saturated carbocycles. The Morgan fingerprint density at radius 3 is 2.05 bits per heavy atom. The standard InChI is InChI=1S/C23H43N7O12/c1-25-5-10-15(34)17(36)18(37)23(39-10)41-20-8(26-2)4-9(29-12(32)6-28-30-24)21(19(20)38)42-22-16(35)13(27-3)14(33)11(7-31)40-22/h8-11,13-23,25-27,31,33-38H,4-7H2,1-3H3,(H,29,32)/t8?,9-,10?,11?,13-,14-,15-,16?,17?,18+,19?,20-,21-,22-,23-/m1/s1. The van der Waals surface area contributed by atoms with Gasteiger partial charge in [-0.1, -0.05) is 5.11 Å². The molecule has 0 spiro atoms. The highest BCUT2D eigenvalue weighted by Gasteiger charge is 2.53. The molecule has 42 heavy (non-hydrogen) atoms. The van der Waals surface area contributed by atoms with E-state index in [0.717, 1.165) is 0 Å². The molecular weight excluding hydrogens is 566 g/mol. The molecule has 0 aromatic heterocycles. The minimum atomic E-state index is -1.69. The Hall–Kier alpha value is -1.78. The van der Waals surface area contributed by atoms with Gasteiger partial charge >= 0.3 is 0 Å². The van der Waals surface area contributed by atoms with Crippen molar-refractivity contribution < 1.29 is 59.5 Å². The maximum Gasteiger partial charge on any atom is 0.226 e. The second-order valence-corrected chi connectivity index (χ2v) is 10.5. The summed E-state index contributed by atoms with van der Waals surface area (Å²) in [6.07, 6.45) is -16.7. The molecule has 19 nitrogen and oxygen atoms in total. The number of carbonyl (C=O) groups is 1. The van der Waals surface area contributed by atoms with Crippen LogP contribution in [-0.4, -0.2) is 174 Å². The van der Waals surface area contributed by atoms with Crippen molar-refractivity contribution in [1.29, 1.82) is 0 Å². The van der Waals surface area contributed by atoms with Crippen LogP contribution in [0.3, 0.4) is 0 Å². The van der Waals surface area contributed by atoms with Gasteiger partial charge in [-0.25, -0.2) is 0 Å². The Balaban J connectivity index is 1.89. The third-order valence-corrected chi connectivity index (χ3v) is 7.84. The Bertz CT molecular complexity index is 919. The number of aliphatic hydroxyl groups is 7. The fourth-order valence-corrected chi connectivity index (χ4v) is 5.58. The van der Waals surface area contributed by atoms with Crippen molar-refractivity contribution in [3.05, 3.63) is 10.4 Å². The largest absolute Gasteiger partial charge is 0.394 e. The van der Waals surface area contributed by atoms with Gasteiger partial charge in [0.05, 0.1) is 18.7 Å². The Morgan fingerprint density at radius 1 is 0.857 bits per heavy atom. The molecule has 0 bridgehead atoms. The lowest BCUT2D eigenvalue weighted by molar-refractivity contribution is -0.334. The quantitative estimate of drug-likeness (QED) is 0.0557. The molecule has 0 radical (unpaired) electrons. The first kappa shape index (κ1) is 34.7. The Labute approximate surface area is 241 Å². The van der Waals surface area contributed by atoms with Crippen LogP contribution in [-0.2, 0) is 23.7 Å². The van der Waals surface area contributed by atoms with E-state index < -0.39 is 111 Å². The number of hydrogen-bond acceptors (Lipinski definition) is 16. The lowest BCUT2D eigenvalue weighted by Gasteiger charge is -2.49. The zero-order chi connectivity index (χ0) is 31.1. The highest BCUT2D eigenvalue weighted by Crippen LogP contribution is 2.32. The van der Waals surface area contributed by atoms with Crippen LogP contribution in [0, 0.1) is 0 Å². The van der Waals surface area contributed by atoms with Crippen LogP contribution in [0.15, 0.2) is 5.11 Å². The maximum absolute atomic E-state index is 12.5. The van der Waals surface area contributed by atoms with Crippen molar-refractivity contribution in [1.82, 2.24) is 21.3 Å². The third kappa shape index (κ3) is 7.65. The lowest BCUT2D eigenvalue weighted by atomic mass is 9.83. The molecular formula is C23H43N7O12. The zero-order valence-electron chi connectivity index (χ0n) is 23.5. The fraction of sp³-hybridized carbons (Fsp3) is 0.957. The molecule has 15 atom stereocenters. The van der Waals surface area contributed by atoms with E-state index in [2.05, 4.69) is 31.3 Å². The predicted octanol–water partition coefficient (Wildman–Crippen LogP) is -6.04. The average Bonchev–Trinajstić information content (AvgIpc) is 2.97. The molecule has 3 fully saturated rings. The van der Waals surface area contributed by atoms with Gasteiger partial charge in [0.25, 0.3) is 0 Å². The second kappa shape index (κ2) is 15.8. The van der Waals surface area contributed by atoms with Crippen LogP contribution in [0.2, 0.25) is 0 Å². The number of nitrogens with one attached hydrogen (secondary N) is 4. The molecule has 6 unspecified atom stereocenters.